The van der Waals surface area contributed by atoms with E-state index in [1.165, 1.54) is 0 Å². The minimum atomic E-state index is -0.292. The largest absolute Gasteiger partial charge is 0.494 e. The number of anilines is 2. The van der Waals surface area contributed by atoms with Crippen LogP contribution in [0.25, 0.3) is 0 Å². The van der Waals surface area contributed by atoms with Crippen molar-refractivity contribution < 1.29 is 14.3 Å². The van der Waals surface area contributed by atoms with E-state index in [0.29, 0.717) is 30.4 Å². The predicted octanol–water partition coefficient (Wildman–Crippen LogP) is 4.09. The van der Waals surface area contributed by atoms with Crippen LogP contribution in [0.15, 0.2) is 42.5 Å². The summed E-state index contributed by atoms with van der Waals surface area (Å²) in [6.07, 6.45) is 0.929. The van der Waals surface area contributed by atoms with Crippen LogP contribution in [0.5, 0.6) is 5.75 Å². The maximum Gasteiger partial charge on any atom is 0.257 e. The van der Waals surface area contributed by atoms with Gasteiger partial charge >= 0.3 is 0 Å². The van der Waals surface area contributed by atoms with E-state index in [1.807, 2.05) is 25.1 Å². The van der Waals surface area contributed by atoms with E-state index in [2.05, 4.69) is 15.5 Å². The first-order valence-corrected chi connectivity index (χ1v) is 10.3. The molecular weight excluding hydrogens is 410 g/mol. The standard InChI is InChI=1S/C21H24ClN3O3S/c1-2-12-28-16-8-6-15(7-9-16)20(26)24-21(29)23-18-5-3-4-17(22)19(18)25-10-13-27-14-11-25/h3-9H,2,10-14H2,1H3,(H2,23,24,26,29). The van der Waals surface area contributed by atoms with Crippen LogP contribution < -0.4 is 20.3 Å². The molecule has 0 bridgehead atoms. The van der Waals surface area contributed by atoms with Gasteiger partial charge < -0.3 is 19.7 Å². The van der Waals surface area contributed by atoms with Crippen LogP contribution in [-0.2, 0) is 4.74 Å². The average Bonchev–Trinajstić information content (AvgIpc) is 2.73. The highest BCUT2D eigenvalue weighted by molar-refractivity contribution is 7.80. The zero-order valence-corrected chi connectivity index (χ0v) is 17.8. The highest BCUT2D eigenvalue weighted by Gasteiger charge is 2.19. The fourth-order valence-electron chi connectivity index (χ4n) is 2.98. The molecule has 0 radical (unpaired) electrons. The lowest BCUT2D eigenvalue weighted by molar-refractivity contribution is 0.0977. The van der Waals surface area contributed by atoms with E-state index in [9.17, 15) is 4.79 Å². The Bertz CT molecular complexity index is 855. The lowest BCUT2D eigenvalue weighted by Gasteiger charge is -2.31. The van der Waals surface area contributed by atoms with Crippen LogP contribution in [0.4, 0.5) is 11.4 Å². The number of thiocarbonyl (C=S) groups is 1. The van der Waals surface area contributed by atoms with E-state index < -0.39 is 0 Å². The Kier molecular flexibility index (Phi) is 7.69. The van der Waals surface area contributed by atoms with Crippen molar-refractivity contribution in [2.24, 2.45) is 0 Å². The molecule has 1 fully saturated rings. The molecule has 2 aromatic rings. The summed E-state index contributed by atoms with van der Waals surface area (Å²) >= 11 is 11.8. The normalized spacial score (nSPS) is 13.7. The van der Waals surface area contributed by atoms with Gasteiger partial charge in [-0.3, -0.25) is 10.1 Å². The van der Waals surface area contributed by atoms with Crippen LogP contribution in [0.1, 0.15) is 23.7 Å². The summed E-state index contributed by atoms with van der Waals surface area (Å²) in [5, 5.41) is 6.63. The Hall–Kier alpha value is -2.35. The van der Waals surface area contributed by atoms with Gasteiger partial charge in [-0.1, -0.05) is 24.6 Å². The van der Waals surface area contributed by atoms with Gasteiger partial charge in [0.15, 0.2) is 5.11 Å². The third-order valence-electron chi connectivity index (χ3n) is 4.38. The van der Waals surface area contributed by atoms with Crippen molar-refractivity contribution in [2.75, 3.05) is 43.1 Å². The quantitative estimate of drug-likeness (QED) is 0.669. The number of rotatable bonds is 6. The first-order valence-electron chi connectivity index (χ1n) is 9.55. The van der Waals surface area contributed by atoms with E-state index in [0.717, 1.165) is 36.6 Å². The fourth-order valence-corrected chi connectivity index (χ4v) is 3.47. The first kappa shape index (κ1) is 21.4. The number of carbonyl (C=O) groups excluding carboxylic acids is 1. The minimum Gasteiger partial charge on any atom is -0.494 e. The van der Waals surface area contributed by atoms with Crippen LogP contribution in [0.3, 0.4) is 0 Å². The highest BCUT2D eigenvalue weighted by Crippen LogP contribution is 2.34. The Morgan fingerprint density at radius 3 is 2.62 bits per heavy atom. The van der Waals surface area contributed by atoms with Gasteiger partial charge in [0.25, 0.3) is 5.91 Å². The molecule has 154 valence electrons. The molecule has 0 unspecified atom stereocenters. The summed E-state index contributed by atoms with van der Waals surface area (Å²) in [6.45, 7) is 5.45. The Balaban J connectivity index is 1.64. The van der Waals surface area contributed by atoms with Crippen molar-refractivity contribution in [1.29, 1.82) is 0 Å². The molecule has 1 amide bonds. The summed E-state index contributed by atoms with van der Waals surface area (Å²) in [6, 6.07) is 12.5. The van der Waals surface area contributed by atoms with Gasteiger partial charge in [0.1, 0.15) is 5.75 Å². The monoisotopic (exact) mass is 433 g/mol. The smallest absolute Gasteiger partial charge is 0.257 e. The predicted molar refractivity (Wildman–Crippen MR) is 120 cm³/mol. The molecule has 6 nitrogen and oxygen atoms in total. The zero-order chi connectivity index (χ0) is 20.6. The van der Waals surface area contributed by atoms with Crippen LogP contribution >= 0.6 is 23.8 Å². The van der Waals surface area contributed by atoms with Crippen molar-refractivity contribution in [3.05, 3.63) is 53.1 Å². The van der Waals surface area contributed by atoms with Crippen LogP contribution in [0, 0.1) is 0 Å². The van der Waals surface area contributed by atoms with Crippen molar-refractivity contribution in [2.45, 2.75) is 13.3 Å². The number of carbonyl (C=O) groups is 1. The molecule has 29 heavy (non-hydrogen) atoms. The molecule has 1 aliphatic rings. The third kappa shape index (κ3) is 5.82. The molecule has 2 aromatic carbocycles. The van der Waals surface area contributed by atoms with Crippen molar-refractivity contribution >= 4 is 46.2 Å². The maximum atomic E-state index is 12.5. The van der Waals surface area contributed by atoms with Crippen LogP contribution in [0.2, 0.25) is 5.02 Å². The molecule has 1 heterocycles. The number of hydrogen-bond acceptors (Lipinski definition) is 5. The second-order valence-corrected chi connectivity index (χ2v) is 7.33. The summed E-state index contributed by atoms with van der Waals surface area (Å²) in [5.74, 6) is 0.442. The molecule has 3 rings (SSSR count). The Morgan fingerprint density at radius 1 is 1.21 bits per heavy atom. The second kappa shape index (κ2) is 10.4. The van der Waals surface area contributed by atoms with E-state index in [1.54, 1.807) is 24.3 Å². The minimum absolute atomic E-state index is 0.207. The van der Waals surface area contributed by atoms with Crippen molar-refractivity contribution in [3.8, 4) is 5.75 Å². The number of nitrogens with one attached hydrogen (secondary N) is 2. The van der Waals surface area contributed by atoms with E-state index in [-0.39, 0.29) is 11.0 Å². The average molecular weight is 434 g/mol. The van der Waals surface area contributed by atoms with Gasteiger partial charge in [-0.15, -0.1) is 0 Å². The molecule has 0 saturated carbocycles. The molecular formula is C21H24ClN3O3S. The molecule has 0 atom stereocenters. The van der Waals surface area contributed by atoms with Gasteiger partial charge in [0.2, 0.25) is 0 Å². The fraction of sp³-hybridized carbons (Fsp3) is 0.333. The zero-order valence-electron chi connectivity index (χ0n) is 16.2. The summed E-state index contributed by atoms with van der Waals surface area (Å²) in [4.78, 5) is 14.6. The number of nitrogens with zero attached hydrogens (tertiary/aromatic N) is 1. The second-order valence-electron chi connectivity index (χ2n) is 6.52. The topological polar surface area (TPSA) is 62.8 Å². The first-order chi connectivity index (χ1) is 14.1. The number of morpholine rings is 1. The summed E-state index contributed by atoms with van der Waals surface area (Å²) < 4.78 is 11.0. The SMILES string of the molecule is CCCOc1ccc(C(=O)NC(=S)Nc2cccc(Cl)c2N2CCOCC2)cc1. The number of para-hydroxylation sites is 1. The maximum absolute atomic E-state index is 12.5. The molecule has 2 N–H and O–H groups in total. The number of hydrogen-bond donors (Lipinski definition) is 2. The van der Waals surface area contributed by atoms with Gasteiger partial charge in [-0.2, -0.15) is 0 Å². The van der Waals surface area contributed by atoms with Gasteiger partial charge in [0, 0.05) is 18.7 Å². The van der Waals surface area contributed by atoms with Gasteiger partial charge in [-0.25, -0.2) is 0 Å². The molecule has 1 aliphatic heterocycles. The summed E-state index contributed by atoms with van der Waals surface area (Å²) in [5.41, 5.74) is 2.09. The number of halogens is 1. The number of benzene rings is 2. The lowest BCUT2D eigenvalue weighted by atomic mass is 10.2. The number of amides is 1. The molecule has 0 aliphatic carbocycles. The Morgan fingerprint density at radius 2 is 1.93 bits per heavy atom. The van der Waals surface area contributed by atoms with E-state index >= 15 is 0 Å². The summed E-state index contributed by atoms with van der Waals surface area (Å²) in [7, 11) is 0. The van der Waals surface area contributed by atoms with Gasteiger partial charge in [0.05, 0.1) is 36.2 Å². The van der Waals surface area contributed by atoms with Crippen molar-refractivity contribution in [3.63, 3.8) is 0 Å². The van der Waals surface area contributed by atoms with E-state index in [4.69, 9.17) is 33.3 Å². The van der Waals surface area contributed by atoms with Gasteiger partial charge in [-0.05, 0) is 55.0 Å². The third-order valence-corrected chi connectivity index (χ3v) is 4.89. The van der Waals surface area contributed by atoms with Crippen molar-refractivity contribution in [1.82, 2.24) is 5.32 Å². The molecule has 1 saturated heterocycles. The molecule has 0 spiro atoms. The highest BCUT2D eigenvalue weighted by atomic mass is 35.5. The lowest BCUT2D eigenvalue weighted by Crippen LogP contribution is -2.38. The Labute approximate surface area is 181 Å². The molecule has 8 heteroatoms. The molecule has 0 aromatic heterocycles. The van der Waals surface area contributed by atoms with Crippen LogP contribution in [-0.4, -0.2) is 43.9 Å². The number of ether oxygens (including phenoxy) is 2.